The van der Waals surface area contributed by atoms with Gasteiger partial charge in [-0.15, -0.1) is 0 Å². The summed E-state index contributed by atoms with van der Waals surface area (Å²) in [7, 11) is 0. The molecule has 1 aliphatic heterocycles. The second-order valence-electron chi connectivity index (χ2n) is 18.0. The molecule has 0 bridgehead atoms. The fourth-order valence-corrected chi connectivity index (χ4v) is 7.45. The summed E-state index contributed by atoms with van der Waals surface area (Å²) < 4.78 is 0. The lowest BCUT2D eigenvalue weighted by atomic mass is 10.00. The first kappa shape index (κ1) is 58.4. The Labute approximate surface area is 400 Å². The number of hydrogen-bond acceptors (Lipinski definition) is 13. The van der Waals surface area contributed by atoms with Crippen LogP contribution in [0.4, 0.5) is 0 Å². The van der Waals surface area contributed by atoms with Crippen molar-refractivity contribution in [3.63, 3.8) is 0 Å². The van der Waals surface area contributed by atoms with Crippen LogP contribution in [0.15, 0.2) is 30.3 Å². The lowest BCUT2D eigenvalue weighted by Crippen LogP contribution is -2.61. The van der Waals surface area contributed by atoms with Crippen LogP contribution in [-0.4, -0.2) is 134 Å². The van der Waals surface area contributed by atoms with Crippen LogP contribution in [0.2, 0.25) is 0 Å². The molecule has 2 rings (SSSR count). The Balaban J connectivity index is 2.74. The average molecular weight is 958 g/mol. The first-order chi connectivity index (χ1) is 32.4. The maximum atomic E-state index is 14.3. The van der Waals surface area contributed by atoms with Gasteiger partial charge in [0, 0.05) is 19.4 Å². The molecule has 1 saturated heterocycles. The Morgan fingerprint density at radius 2 is 1.04 bits per heavy atom. The molecular formula is C46H79N13O9. The van der Waals surface area contributed by atoms with Crippen LogP contribution >= 0.6 is 0 Å². The van der Waals surface area contributed by atoms with E-state index in [2.05, 4.69) is 47.9 Å². The SMILES string of the molecule is CCCCC(=O)N[C@H](CCN)C(=O)N[C@H]1CCNC(=O)[C@H](CC(C)C)NC(=O)[C@H](CCN)NC(=O)[C@H](CCN)NC(=O)[C@H](CC(C)C)NC(=O)[C@@H](Cc2ccccc2)NC(=O)[C@H](CCN)NC1=O. The Morgan fingerprint density at radius 1 is 0.603 bits per heavy atom. The fraction of sp³-hybridized carbons (Fsp3) is 0.674. The second kappa shape index (κ2) is 31.4. The molecule has 9 amide bonds. The maximum Gasteiger partial charge on any atom is 0.243 e. The predicted octanol–water partition coefficient (Wildman–Crippen LogP) is -2.70. The third kappa shape index (κ3) is 21.1. The maximum absolute atomic E-state index is 14.3. The number of nitrogens with one attached hydrogen (secondary N) is 9. The Morgan fingerprint density at radius 3 is 1.51 bits per heavy atom. The lowest BCUT2D eigenvalue weighted by Gasteiger charge is -2.28. The monoisotopic (exact) mass is 958 g/mol. The van der Waals surface area contributed by atoms with Crippen molar-refractivity contribution in [1.29, 1.82) is 0 Å². The van der Waals surface area contributed by atoms with Gasteiger partial charge in [0.25, 0.3) is 0 Å². The summed E-state index contributed by atoms with van der Waals surface area (Å²) in [5.41, 5.74) is 24.1. The number of rotatable bonds is 20. The first-order valence-corrected chi connectivity index (χ1v) is 23.9. The Hall–Kier alpha value is -5.71. The van der Waals surface area contributed by atoms with Gasteiger partial charge < -0.3 is 70.8 Å². The van der Waals surface area contributed by atoms with Crippen molar-refractivity contribution in [2.24, 2.45) is 34.8 Å². The molecule has 17 N–H and O–H groups in total. The molecule has 68 heavy (non-hydrogen) atoms. The van der Waals surface area contributed by atoms with Gasteiger partial charge in [0.2, 0.25) is 53.2 Å². The number of hydrogen-bond donors (Lipinski definition) is 13. The van der Waals surface area contributed by atoms with Crippen LogP contribution in [0.3, 0.4) is 0 Å². The number of carbonyl (C=O) groups excluding carboxylic acids is 9. The smallest absolute Gasteiger partial charge is 0.243 e. The van der Waals surface area contributed by atoms with Crippen LogP contribution in [0, 0.1) is 11.8 Å². The van der Waals surface area contributed by atoms with Crippen molar-refractivity contribution in [3.05, 3.63) is 35.9 Å². The van der Waals surface area contributed by atoms with Gasteiger partial charge in [-0.25, -0.2) is 0 Å². The van der Waals surface area contributed by atoms with Gasteiger partial charge in [-0.3, -0.25) is 43.2 Å². The van der Waals surface area contributed by atoms with Crippen molar-refractivity contribution >= 4 is 53.2 Å². The van der Waals surface area contributed by atoms with Crippen LogP contribution in [0.25, 0.3) is 0 Å². The van der Waals surface area contributed by atoms with Gasteiger partial charge in [-0.05, 0) is 94.9 Å². The minimum Gasteiger partial charge on any atom is -0.354 e. The topological polar surface area (TPSA) is 366 Å². The predicted molar refractivity (Wildman–Crippen MR) is 256 cm³/mol. The van der Waals surface area contributed by atoms with E-state index in [1.165, 1.54) is 0 Å². The van der Waals surface area contributed by atoms with E-state index in [4.69, 9.17) is 22.9 Å². The number of nitrogens with two attached hydrogens (primary N) is 4. The zero-order chi connectivity index (χ0) is 50.8. The molecule has 1 aliphatic rings. The summed E-state index contributed by atoms with van der Waals surface area (Å²) >= 11 is 0. The molecule has 22 nitrogen and oxygen atoms in total. The number of benzene rings is 1. The summed E-state index contributed by atoms with van der Waals surface area (Å²) in [6.45, 7) is 8.88. The molecular weight excluding hydrogens is 879 g/mol. The van der Waals surface area contributed by atoms with E-state index in [1.807, 2.05) is 34.6 Å². The summed E-state index contributed by atoms with van der Waals surface area (Å²) in [6, 6.07) is -1.24. The van der Waals surface area contributed by atoms with Crippen molar-refractivity contribution in [2.45, 2.75) is 154 Å². The molecule has 22 heteroatoms. The van der Waals surface area contributed by atoms with Gasteiger partial charge >= 0.3 is 0 Å². The zero-order valence-electron chi connectivity index (χ0n) is 40.5. The molecule has 0 saturated carbocycles. The lowest BCUT2D eigenvalue weighted by molar-refractivity contribution is -0.136. The van der Waals surface area contributed by atoms with Crippen LogP contribution in [0.5, 0.6) is 0 Å². The summed E-state index contributed by atoms with van der Waals surface area (Å²) in [6.07, 6.45) is 1.34. The first-order valence-electron chi connectivity index (χ1n) is 23.9. The molecule has 0 unspecified atom stereocenters. The van der Waals surface area contributed by atoms with Crippen molar-refractivity contribution in [2.75, 3.05) is 32.7 Å². The Kier molecular flexibility index (Phi) is 26.9. The molecule has 382 valence electrons. The Bertz CT molecular complexity index is 1800. The van der Waals surface area contributed by atoms with Crippen LogP contribution in [-0.2, 0) is 49.6 Å². The largest absolute Gasteiger partial charge is 0.354 e. The van der Waals surface area contributed by atoms with Gasteiger partial charge in [0.05, 0.1) is 0 Å². The van der Waals surface area contributed by atoms with E-state index in [0.29, 0.717) is 12.0 Å². The third-order valence-corrected chi connectivity index (χ3v) is 11.1. The van der Waals surface area contributed by atoms with E-state index in [9.17, 15) is 43.2 Å². The van der Waals surface area contributed by atoms with Gasteiger partial charge in [0.1, 0.15) is 48.3 Å². The highest BCUT2D eigenvalue weighted by molar-refractivity contribution is 5.98. The van der Waals surface area contributed by atoms with Crippen LogP contribution < -0.4 is 70.8 Å². The average Bonchev–Trinajstić information content (AvgIpc) is 3.28. The number of unbranched alkanes of at least 4 members (excludes halogenated alkanes) is 1. The molecule has 8 atom stereocenters. The zero-order valence-corrected chi connectivity index (χ0v) is 40.5. The minimum atomic E-state index is -1.41. The number of carbonyl (C=O) groups is 9. The van der Waals surface area contributed by atoms with Crippen molar-refractivity contribution in [1.82, 2.24) is 47.9 Å². The third-order valence-electron chi connectivity index (χ3n) is 11.1. The molecule has 0 radical (unpaired) electrons. The van der Waals surface area contributed by atoms with E-state index < -0.39 is 95.6 Å². The van der Waals surface area contributed by atoms with Gasteiger partial charge in [-0.2, -0.15) is 0 Å². The van der Waals surface area contributed by atoms with E-state index >= 15 is 0 Å². The van der Waals surface area contributed by atoms with Gasteiger partial charge in [-0.1, -0.05) is 71.4 Å². The van der Waals surface area contributed by atoms with Gasteiger partial charge in [0.15, 0.2) is 0 Å². The van der Waals surface area contributed by atoms with Crippen molar-refractivity contribution in [3.8, 4) is 0 Å². The summed E-state index contributed by atoms with van der Waals surface area (Å²) in [5, 5.41) is 24.2. The molecule has 1 aromatic rings. The van der Waals surface area contributed by atoms with Crippen LogP contribution in [0.1, 0.15) is 104 Å². The normalized spacial score (nSPS) is 23.5. The molecule has 1 heterocycles. The molecule has 1 aromatic carbocycles. The summed E-state index contributed by atoms with van der Waals surface area (Å²) in [4.78, 5) is 125. The van der Waals surface area contributed by atoms with E-state index in [1.54, 1.807) is 30.3 Å². The summed E-state index contributed by atoms with van der Waals surface area (Å²) in [5.74, 6) is -6.62. The highest BCUT2D eigenvalue weighted by Gasteiger charge is 2.35. The number of amides is 9. The highest BCUT2D eigenvalue weighted by Crippen LogP contribution is 2.12. The molecule has 0 spiro atoms. The van der Waals surface area contributed by atoms with E-state index in [-0.39, 0.29) is 108 Å². The molecule has 0 aliphatic carbocycles. The van der Waals surface area contributed by atoms with E-state index in [0.717, 1.165) is 6.42 Å². The standard InChI is InChI=1S/C46H79N13O9/c1-6-7-13-38(60)52-30(14-19-47)40(62)56-34-18-23-51-39(61)35(24-27(2)3)57-42(64)32(16-21-49)53-41(63)31(15-20-48)55-45(67)36(25-28(4)5)58-46(68)37(26-29-11-9-8-10-12-29)59-43(65)33(17-22-50)54-44(34)66/h8-12,27-28,30-37H,6-7,13-26,47-50H2,1-5H3,(H,51,61)(H,52,60)(H,53,63)(H,54,66)(H,55,67)(H,56,62)(H,57,64)(H,58,68)(H,59,65)/t30-,31+,32+,33+,34+,35+,36+,37-/m1/s1. The molecule has 0 aromatic heterocycles. The van der Waals surface area contributed by atoms with Crippen molar-refractivity contribution < 1.29 is 43.2 Å². The quantitative estimate of drug-likeness (QED) is 0.0634. The molecule has 1 fully saturated rings. The minimum absolute atomic E-state index is 0.0193. The fourth-order valence-electron chi connectivity index (χ4n) is 7.45. The highest BCUT2D eigenvalue weighted by atomic mass is 16.2. The second-order valence-corrected chi connectivity index (χ2v) is 18.0.